The first-order chi connectivity index (χ1) is 14.4. The molecule has 9 heteroatoms. The van der Waals surface area contributed by atoms with Crippen molar-refractivity contribution in [1.29, 1.82) is 5.26 Å². The van der Waals surface area contributed by atoms with Crippen LogP contribution in [0.3, 0.4) is 0 Å². The van der Waals surface area contributed by atoms with E-state index in [9.17, 15) is 0 Å². The molecule has 0 bridgehead atoms. The van der Waals surface area contributed by atoms with Crippen LogP contribution in [0.4, 0.5) is 0 Å². The van der Waals surface area contributed by atoms with E-state index in [1.54, 1.807) is 22.7 Å². The van der Waals surface area contributed by atoms with E-state index in [2.05, 4.69) is 18.2 Å². The van der Waals surface area contributed by atoms with Crippen LogP contribution in [0.1, 0.15) is 24.6 Å². The number of halogens is 1. The summed E-state index contributed by atoms with van der Waals surface area (Å²) in [5.74, 6) is 1.02. The van der Waals surface area contributed by atoms with Crippen LogP contribution in [0.25, 0.3) is 16.8 Å². The second-order valence-corrected chi connectivity index (χ2v) is 8.23. The van der Waals surface area contributed by atoms with Crippen molar-refractivity contribution in [1.82, 2.24) is 24.3 Å². The molecule has 0 saturated carbocycles. The second-order valence-electron chi connectivity index (χ2n) is 7.83. The van der Waals surface area contributed by atoms with E-state index in [4.69, 9.17) is 31.4 Å². The van der Waals surface area contributed by atoms with Crippen molar-refractivity contribution in [2.75, 3.05) is 20.3 Å². The molecule has 3 aromatic rings. The number of nitrogens with zero attached hydrogens (tertiary/aromatic N) is 6. The van der Waals surface area contributed by atoms with Gasteiger partial charge in [-0.25, -0.2) is 4.52 Å². The lowest BCUT2D eigenvalue weighted by molar-refractivity contribution is 0.124. The van der Waals surface area contributed by atoms with Gasteiger partial charge in [0, 0.05) is 43.9 Å². The first-order valence-electron chi connectivity index (χ1n) is 9.94. The minimum absolute atomic E-state index is 0.0119. The van der Waals surface area contributed by atoms with Crippen LogP contribution in [0, 0.1) is 24.3 Å². The lowest BCUT2D eigenvalue weighted by Gasteiger charge is -2.21. The first kappa shape index (κ1) is 20.5. The SMILES string of the molecule is Cc1c(-c2cc(OC(C)C3CCOC3)c3c(Cl)cnn3c2)nn(C)c1CN(C)C#N. The van der Waals surface area contributed by atoms with Gasteiger partial charge in [0.2, 0.25) is 0 Å². The smallest absolute Gasteiger partial charge is 0.179 e. The first-order valence-corrected chi connectivity index (χ1v) is 10.3. The fourth-order valence-corrected chi connectivity index (χ4v) is 4.13. The predicted molar refractivity (Wildman–Crippen MR) is 113 cm³/mol. The molecular weight excluding hydrogens is 404 g/mol. The third kappa shape index (κ3) is 3.71. The highest BCUT2D eigenvalue weighted by atomic mass is 35.5. The maximum atomic E-state index is 9.13. The molecular formula is C21H25ClN6O2. The Kier molecular flexibility index (Phi) is 5.58. The molecule has 30 heavy (non-hydrogen) atoms. The van der Waals surface area contributed by atoms with Crippen LogP contribution in [0.2, 0.25) is 5.02 Å². The summed E-state index contributed by atoms with van der Waals surface area (Å²) in [7, 11) is 3.64. The van der Waals surface area contributed by atoms with E-state index >= 15 is 0 Å². The molecule has 3 aromatic heterocycles. The zero-order valence-corrected chi connectivity index (χ0v) is 18.3. The van der Waals surface area contributed by atoms with Gasteiger partial charge >= 0.3 is 0 Å². The van der Waals surface area contributed by atoms with Crippen molar-refractivity contribution < 1.29 is 9.47 Å². The van der Waals surface area contributed by atoms with E-state index in [1.807, 2.05) is 30.9 Å². The molecule has 0 aliphatic carbocycles. The van der Waals surface area contributed by atoms with Gasteiger partial charge in [0.15, 0.2) is 6.19 Å². The molecule has 1 aliphatic heterocycles. The third-order valence-corrected chi connectivity index (χ3v) is 6.01. The Labute approximate surface area is 180 Å². The molecule has 158 valence electrons. The summed E-state index contributed by atoms with van der Waals surface area (Å²) in [6.45, 7) is 6.05. The Morgan fingerprint density at radius 3 is 3.00 bits per heavy atom. The molecule has 4 rings (SSSR count). The van der Waals surface area contributed by atoms with Crippen LogP contribution >= 0.6 is 11.6 Å². The minimum Gasteiger partial charge on any atom is -0.488 e. The zero-order valence-electron chi connectivity index (χ0n) is 17.6. The number of hydrogen-bond acceptors (Lipinski definition) is 6. The van der Waals surface area contributed by atoms with Crippen LogP contribution in [-0.4, -0.2) is 50.7 Å². The van der Waals surface area contributed by atoms with Crippen LogP contribution in [-0.2, 0) is 18.3 Å². The zero-order chi connectivity index (χ0) is 21.4. The summed E-state index contributed by atoms with van der Waals surface area (Å²) < 4.78 is 15.4. The van der Waals surface area contributed by atoms with Gasteiger partial charge in [0.1, 0.15) is 17.4 Å². The van der Waals surface area contributed by atoms with Gasteiger partial charge < -0.3 is 14.4 Å². The maximum absolute atomic E-state index is 9.13. The molecule has 0 N–H and O–H groups in total. The second kappa shape index (κ2) is 8.17. The quantitative estimate of drug-likeness (QED) is 0.442. The lowest BCUT2D eigenvalue weighted by atomic mass is 10.0. The Bertz CT molecular complexity index is 1110. The Morgan fingerprint density at radius 1 is 1.50 bits per heavy atom. The molecule has 1 aliphatic rings. The largest absolute Gasteiger partial charge is 0.488 e. The number of hydrogen-bond donors (Lipinski definition) is 0. The summed E-state index contributed by atoms with van der Waals surface area (Å²) in [5.41, 5.74) is 4.44. The highest BCUT2D eigenvalue weighted by Crippen LogP contribution is 2.35. The van der Waals surface area contributed by atoms with Crippen LogP contribution < -0.4 is 4.74 Å². The standard InChI is InChI=1S/C21H25ClN6O2/c1-13-18(10-26(3)12-23)27(4)25-20(13)16-7-19(21-17(22)8-24-28(21)9-16)30-14(2)15-5-6-29-11-15/h7-9,14-15H,5-6,10-11H2,1-4H3. The van der Waals surface area contributed by atoms with Crippen molar-refractivity contribution in [2.45, 2.75) is 32.9 Å². The van der Waals surface area contributed by atoms with E-state index in [1.165, 1.54) is 0 Å². The number of nitriles is 1. The molecule has 2 unspecified atom stereocenters. The van der Waals surface area contributed by atoms with E-state index in [0.717, 1.165) is 41.1 Å². The van der Waals surface area contributed by atoms with Gasteiger partial charge in [0.05, 0.1) is 35.8 Å². The molecule has 0 aromatic carbocycles. The van der Waals surface area contributed by atoms with Crippen molar-refractivity contribution in [3.63, 3.8) is 0 Å². The Balaban J connectivity index is 1.76. The maximum Gasteiger partial charge on any atom is 0.179 e. The Hall–Kier alpha value is -2.76. The van der Waals surface area contributed by atoms with Gasteiger partial charge in [-0.05, 0) is 26.3 Å². The average molecular weight is 429 g/mol. The molecule has 2 atom stereocenters. The number of aromatic nitrogens is 4. The van der Waals surface area contributed by atoms with Crippen LogP contribution in [0.15, 0.2) is 18.5 Å². The van der Waals surface area contributed by atoms with Crippen molar-refractivity contribution in [2.24, 2.45) is 13.0 Å². The number of rotatable bonds is 6. The van der Waals surface area contributed by atoms with Crippen molar-refractivity contribution in [3.8, 4) is 23.2 Å². The van der Waals surface area contributed by atoms with E-state index in [-0.39, 0.29) is 6.10 Å². The molecule has 4 heterocycles. The summed E-state index contributed by atoms with van der Waals surface area (Å²) in [5, 5.41) is 18.8. The van der Waals surface area contributed by atoms with E-state index < -0.39 is 0 Å². The molecule has 8 nitrogen and oxygen atoms in total. The van der Waals surface area contributed by atoms with Gasteiger partial charge in [0.25, 0.3) is 0 Å². The number of ether oxygens (including phenoxy) is 2. The van der Waals surface area contributed by atoms with Gasteiger partial charge in [-0.3, -0.25) is 4.68 Å². The highest BCUT2D eigenvalue weighted by molar-refractivity contribution is 6.34. The lowest BCUT2D eigenvalue weighted by Crippen LogP contribution is -2.24. The minimum atomic E-state index is -0.0119. The van der Waals surface area contributed by atoms with Crippen molar-refractivity contribution in [3.05, 3.63) is 34.7 Å². The molecule has 0 amide bonds. The number of fused-ring (bicyclic) bond motifs is 1. The van der Waals surface area contributed by atoms with Crippen LogP contribution in [0.5, 0.6) is 5.75 Å². The Morgan fingerprint density at radius 2 is 2.30 bits per heavy atom. The monoisotopic (exact) mass is 428 g/mol. The molecule has 1 saturated heterocycles. The van der Waals surface area contributed by atoms with Crippen molar-refractivity contribution >= 4 is 17.1 Å². The van der Waals surface area contributed by atoms with Gasteiger partial charge in [-0.2, -0.15) is 15.5 Å². The third-order valence-electron chi connectivity index (χ3n) is 5.73. The number of pyridine rings is 1. The van der Waals surface area contributed by atoms with Gasteiger partial charge in [-0.1, -0.05) is 11.6 Å². The summed E-state index contributed by atoms with van der Waals surface area (Å²) in [6.07, 6.45) is 6.64. The summed E-state index contributed by atoms with van der Waals surface area (Å²) in [6, 6.07) is 1.97. The van der Waals surface area contributed by atoms with Gasteiger partial charge in [-0.15, -0.1) is 0 Å². The fraction of sp³-hybridized carbons (Fsp3) is 0.476. The van der Waals surface area contributed by atoms with E-state index in [0.29, 0.717) is 29.8 Å². The topological polar surface area (TPSA) is 80.6 Å². The highest BCUT2D eigenvalue weighted by Gasteiger charge is 2.26. The predicted octanol–water partition coefficient (Wildman–Crippen LogP) is 3.41. The molecule has 0 spiro atoms. The summed E-state index contributed by atoms with van der Waals surface area (Å²) in [4.78, 5) is 1.57. The molecule has 0 radical (unpaired) electrons. The average Bonchev–Trinajstić information content (AvgIpc) is 3.44. The number of aryl methyl sites for hydroxylation is 1. The molecule has 1 fully saturated rings. The normalized spacial score (nSPS) is 17.3. The fourth-order valence-electron chi connectivity index (χ4n) is 3.91. The summed E-state index contributed by atoms with van der Waals surface area (Å²) >= 11 is 6.41.